The molecule has 0 fully saturated rings. The first-order valence-corrected chi connectivity index (χ1v) is 7.32. The molecule has 0 spiro atoms. The van der Waals surface area contributed by atoms with Gasteiger partial charge in [0.1, 0.15) is 5.75 Å². The summed E-state index contributed by atoms with van der Waals surface area (Å²) in [6, 6.07) is 5.83. The molecule has 1 aromatic rings. The Kier molecular flexibility index (Phi) is 7.41. The van der Waals surface area contributed by atoms with Crippen molar-refractivity contribution in [2.75, 3.05) is 13.2 Å². The number of carbonyl (C=O) groups is 1. The largest absolute Gasteiger partial charge is 0.483 e. The Labute approximate surface area is 125 Å². The molecule has 112 valence electrons. The molecule has 20 heavy (non-hydrogen) atoms. The van der Waals surface area contributed by atoms with Gasteiger partial charge in [0.25, 0.3) is 5.91 Å². The fraction of sp³-hybridized carbons (Fsp3) is 0.533. The zero-order valence-corrected chi connectivity index (χ0v) is 13.1. The zero-order valence-electron chi connectivity index (χ0n) is 12.3. The van der Waals surface area contributed by atoms with Crippen LogP contribution in [0.5, 0.6) is 5.75 Å². The van der Waals surface area contributed by atoms with E-state index in [4.69, 9.17) is 16.3 Å². The molecule has 5 heteroatoms. The maximum absolute atomic E-state index is 11.6. The number of nitrogens with one attached hydrogen (secondary N) is 2. The summed E-state index contributed by atoms with van der Waals surface area (Å²) < 4.78 is 5.57. The van der Waals surface area contributed by atoms with Crippen molar-refractivity contribution in [1.29, 1.82) is 0 Å². The highest BCUT2D eigenvalue weighted by molar-refractivity contribution is 6.31. The van der Waals surface area contributed by atoms with Gasteiger partial charge < -0.3 is 15.4 Å². The number of halogens is 1. The third-order valence-corrected chi connectivity index (χ3v) is 3.05. The van der Waals surface area contributed by atoms with Gasteiger partial charge in [0.15, 0.2) is 6.61 Å². The molecule has 0 heterocycles. The molecule has 0 aliphatic heterocycles. The highest BCUT2D eigenvalue weighted by Gasteiger charge is 2.10. The number of amides is 1. The Morgan fingerprint density at radius 3 is 2.80 bits per heavy atom. The predicted octanol–water partition coefficient (Wildman–Crippen LogP) is 2.74. The number of carbonyl (C=O) groups excluding carboxylic acids is 1. The van der Waals surface area contributed by atoms with Crippen LogP contribution in [-0.4, -0.2) is 25.1 Å². The van der Waals surface area contributed by atoms with Crippen molar-refractivity contribution in [2.45, 2.75) is 39.8 Å². The van der Waals surface area contributed by atoms with Crippen LogP contribution in [0.1, 0.15) is 32.8 Å². The van der Waals surface area contributed by atoms with Gasteiger partial charge >= 0.3 is 0 Å². The van der Waals surface area contributed by atoms with Gasteiger partial charge in [0.05, 0.1) is 0 Å². The van der Waals surface area contributed by atoms with Crippen molar-refractivity contribution >= 4 is 17.5 Å². The molecular weight excluding hydrogens is 276 g/mol. The fourth-order valence-corrected chi connectivity index (χ4v) is 1.84. The second-order valence-electron chi connectivity index (χ2n) is 4.89. The van der Waals surface area contributed by atoms with E-state index in [0.717, 1.165) is 12.0 Å². The summed E-state index contributed by atoms with van der Waals surface area (Å²) in [5.41, 5.74) is 0.881. The van der Waals surface area contributed by atoms with Gasteiger partial charge in [0.2, 0.25) is 0 Å². The van der Waals surface area contributed by atoms with Crippen molar-refractivity contribution in [2.24, 2.45) is 0 Å². The summed E-state index contributed by atoms with van der Waals surface area (Å²) >= 11 is 6.19. The lowest BCUT2D eigenvalue weighted by Gasteiger charge is -2.15. The molecule has 0 unspecified atom stereocenters. The van der Waals surface area contributed by atoms with E-state index >= 15 is 0 Å². The topological polar surface area (TPSA) is 50.4 Å². The van der Waals surface area contributed by atoms with E-state index < -0.39 is 0 Å². The van der Waals surface area contributed by atoms with Gasteiger partial charge in [-0.25, -0.2) is 0 Å². The quantitative estimate of drug-likeness (QED) is 0.776. The first-order chi connectivity index (χ1) is 9.54. The van der Waals surface area contributed by atoms with Gasteiger partial charge in [-0.05, 0) is 18.6 Å². The number of benzene rings is 1. The summed E-state index contributed by atoms with van der Waals surface area (Å²) in [6.07, 6.45) is 0.909. The molecule has 0 bridgehead atoms. The van der Waals surface area contributed by atoms with E-state index in [-0.39, 0.29) is 12.5 Å². The van der Waals surface area contributed by atoms with Crippen molar-refractivity contribution in [3.8, 4) is 5.75 Å². The molecule has 2 N–H and O–H groups in total. The third-order valence-electron chi connectivity index (χ3n) is 2.69. The number of rotatable bonds is 8. The molecule has 0 aliphatic rings. The van der Waals surface area contributed by atoms with E-state index in [2.05, 4.69) is 24.5 Å². The molecule has 4 nitrogen and oxygen atoms in total. The Morgan fingerprint density at radius 1 is 1.40 bits per heavy atom. The minimum Gasteiger partial charge on any atom is -0.483 e. The van der Waals surface area contributed by atoms with E-state index in [1.165, 1.54) is 0 Å². The van der Waals surface area contributed by atoms with Crippen LogP contribution in [0, 0.1) is 0 Å². The van der Waals surface area contributed by atoms with Crippen molar-refractivity contribution in [1.82, 2.24) is 10.6 Å². The van der Waals surface area contributed by atoms with Crippen LogP contribution in [0.2, 0.25) is 5.02 Å². The number of hydrogen-bond donors (Lipinski definition) is 2. The Hall–Kier alpha value is -1.26. The predicted molar refractivity (Wildman–Crippen MR) is 82.2 cm³/mol. The zero-order chi connectivity index (χ0) is 15.0. The van der Waals surface area contributed by atoms with Gasteiger partial charge in [-0.1, -0.05) is 38.4 Å². The first-order valence-electron chi connectivity index (χ1n) is 6.94. The SMILES string of the molecule is CCCNC(=O)COc1cccc(Cl)c1CNC(C)C. The molecule has 1 rings (SSSR count). The Morgan fingerprint density at radius 2 is 2.15 bits per heavy atom. The molecule has 0 saturated carbocycles. The number of ether oxygens (including phenoxy) is 1. The minimum absolute atomic E-state index is 0.00895. The van der Waals surface area contributed by atoms with Gasteiger partial charge in [-0.15, -0.1) is 0 Å². The van der Waals surface area contributed by atoms with Gasteiger partial charge in [-0.3, -0.25) is 4.79 Å². The lowest BCUT2D eigenvalue weighted by molar-refractivity contribution is -0.123. The molecule has 0 aliphatic carbocycles. The van der Waals surface area contributed by atoms with Crippen LogP contribution in [-0.2, 0) is 11.3 Å². The van der Waals surface area contributed by atoms with E-state index in [9.17, 15) is 4.79 Å². The average molecular weight is 299 g/mol. The van der Waals surface area contributed by atoms with Crippen molar-refractivity contribution in [3.63, 3.8) is 0 Å². The second kappa shape index (κ2) is 8.82. The Balaban J connectivity index is 2.64. The summed E-state index contributed by atoms with van der Waals surface area (Å²) in [7, 11) is 0. The summed E-state index contributed by atoms with van der Waals surface area (Å²) in [4.78, 5) is 11.6. The highest BCUT2D eigenvalue weighted by atomic mass is 35.5. The summed E-state index contributed by atoms with van der Waals surface area (Å²) in [5, 5.41) is 6.72. The van der Waals surface area contributed by atoms with Crippen LogP contribution in [0.25, 0.3) is 0 Å². The second-order valence-corrected chi connectivity index (χ2v) is 5.30. The average Bonchev–Trinajstić information content (AvgIpc) is 2.41. The maximum Gasteiger partial charge on any atom is 0.257 e. The fourth-order valence-electron chi connectivity index (χ4n) is 1.61. The van der Waals surface area contributed by atoms with E-state index in [0.29, 0.717) is 29.9 Å². The number of hydrogen-bond acceptors (Lipinski definition) is 3. The van der Waals surface area contributed by atoms with Crippen LogP contribution in [0.15, 0.2) is 18.2 Å². The maximum atomic E-state index is 11.6. The van der Waals surface area contributed by atoms with Crippen molar-refractivity contribution in [3.05, 3.63) is 28.8 Å². The summed E-state index contributed by atoms with van der Waals surface area (Å²) in [5.74, 6) is 0.534. The van der Waals surface area contributed by atoms with Gasteiger partial charge in [0, 0.05) is 29.7 Å². The van der Waals surface area contributed by atoms with Gasteiger partial charge in [-0.2, -0.15) is 0 Å². The Bertz CT molecular complexity index is 436. The molecular formula is C15H23ClN2O2. The summed E-state index contributed by atoms with van der Waals surface area (Å²) in [6.45, 7) is 7.43. The molecule has 0 radical (unpaired) electrons. The lowest BCUT2D eigenvalue weighted by Crippen LogP contribution is -2.29. The molecule has 0 aromatic heterocycles. The van der Waals surface area contributed by atoms with Crippen molar-refractivity contribution < 1.29 is 9.53 Å². The van der Waals surface area contributed by atoms with Crippen LogP contribution in [0.4, 0.5) is 0 Å². The van der Waals surface area contributed by atoms with Crippen LogP contribution < -0.4 is 15.4 Å². The smallest absolute Gasteiger partial charge is 0.257 e. The molecule has 0 atom stereocenters. The standard InChI is InChI=1S/C15H23ClN2O2/c1-4-8-17-15(19)10-20-14-7-5-6-13(16)12(14)9-18-11(2)3/h5-7,11,18H,4,8-10H2,1-3H3,(H,17,19). The van der Waals surface area contributed by atoms with E-state index in [1.54, 1.807) is 0 Å². The normalized spacial score (nSPS) is 10.7. The third kappa shape index (κ3) is 5.80. The van der Waals surface area contributed by atoms with E-state index in [1.807, 2.05) is 25.1 Å². The lowest BCUT2D eigenvalue weighted by atomic mass is 10.2. The molecule has 0 saturated heterocycles. The monoisotopic (exact) mass is 298 g/mol. The van der Waals surface area contributed by atoms with Crippen LogP contribution >= 0.6 is 11.6 Å². The first kappa shape index (κ1) is 16.8. The minimum atomic E-state index is -0.116. The highest BCUT2D eigenvalue weighted by Crippen LogP contribution is 2.26. The molecule has 1 aromatic carbocycles. The molecule has 1 amide bonds. The van der Waals surface area contributed by atoms with Crippen LogP contribution in [0.3, 0.4) is 0 Å².